The number of hydrogen-bond acceptors (Lipinski definition) is 5. The van der Waals surface area contributed by atoms with E-state index in [4.69, 9.17) is 32.7 Å². The molecule has 162 valence electrons. The molecule has 2 aromatic rings. The van der Waals surface area contributed by atoms with Crippen molar-refractivity contribution >= 4 is 51.4 Å². The predicted octanol–water partition coefficient (Wildman–Crippen LogP) is 6.15. The number of ether oxygens (including phenoxy) is 2. The molecule has 0 spiro atoms. The molecule has 8 heteroatoms. The van der Waals surface area contributed by atoms with E-state index in [1.807, 2.05) is 0 Å². The van der Waals surface area contributed by atoms with Crippen molar-refractivity contribution in [1.82, 2.24) is 0 Å². The molecule has 0 unspecified atom stereocenters. The number of hydrogen-bond donors (Lipinski definition) is 1. The molecule has 5 nitrogen and oxygen atoms in total. The summed E-state index contributed by atoms with van der Waals surface area (Å²) in [5, 5.41) is 4.21. The van der Waals surface area contributed by atoms with Gasteiger partial charge in [-0.05, 0) is 62.8 Å². The Morgan fingerprint density at radius 3 is 2.73 bits per heavy atom. The molecule has 1 aliphatic rings. The lowest BCUT2D eigenvalue weighted by molar-refractivity contribution is -0.122. The number of carbonyl (C=O) groups is 2. The van der Waals surface area contributed by atoms with Gasteiger partial charge in [-0.2, -0.15) is 0 Å². The molecule has 2 atom stereocenters. The molecule has 0 aliphatic heterocycles. The number of thiophene rings is 1. The number of amides is 1. The van der Waals surface area contributed by atoms with E-state index in [1.54, 1.807) is 32.0 Å². The van der Waals surface area contributed by atoms with Crippen molar-refractivity contribution in [2.45, 2.75) is 52.6 Å². The monoisotopic (exact) mass is 469 g/mol. The zero-order valence-electron chi connectivity index (χ0n) is 17.2. The van der Waals surface area contributed by atoms with Crippen LogP contribution in [0.2, 0.25) is 10.0 Å². The Hall–Kier alpha value is -1.76. The quantitative estimate of drug-likeness (QED) is 0.493. The van der Waals surface area contributed by atoms with Crippen LogP contribution < -0.4 is 10.1 Å². The second-order valence-corrected chi connectivity index (χ2v) is 9.22. The van der Waals surface area contributed by atoms with Crippen molar-refractivity contribution in [3.8, 4) is 5.75 Å². The van der Waals surface area contributed by atoms with Gasteiger partial charge in [-0.3, -0.25) is 4.79 Å². The van der Waals surface area contributed by atoms with Gasteiger partial charge in [-0.1, -0.05) is 36.5 Å². The minimum Gasteiger partial charge on any atom is -0.479 e. The van der Waals surface area contributed by atoms with Gasteiger partial charge in [0.2, 0.25) is 0 Å². The van der Waals surface area contributed by atoms with Crippen LogP contribution in [0.15, 0.2) is 18.2 Å². The zero-order valence-corrected chi connectivity index (χ0v) is 19.5. The van der Waals surface area contributed by atoms with Gasteiger partial charge in [0.25, 0.3) is 5.91 Å². The van der Waals surface area contributed by atoms with Gasteiger partial charge >= 0.3 is 5.97 Å². The standard InChI is InChI=1S/C22H25Cl2NO4S/c1-4-13-6-8-15-18(10-13)30-21(19(15)22(27)28-5-2)25-20(26)12(3)29-17-9-7-14(23)11-16(17)24/h7,9,11-13H,4-6,8,10H2,1-3H3,(H,25,26)/t12-,13+/m1/s1. The van der Waals surface area contributed by atoms with Crippen LogP contribution in [-0.2, 0) is 22.4 Å². The first-order valence-electron chi connectivity index (χ1n) is 10.1. The van der Waals surface area contributed by atoms with E-state index in [-0.39, 0.29) is 12.5 Å². The fraction of sp³-hybridized carbons (Fsp3) is 0.455. The Balaban J connectivity index is 1.81. The molecule has 30 heavy (non-hydrogen) atoms. The van der Waals surface area contributed by atoms with Crippen molar-refractivity contribution in [1.29, 1.82) is 0 Å². The molecular weight excluding hydrogens is 445 g/mol. The summed E-state index contributed by atoms with van der Waals surface area (Å²) in [6.45, 7) is 5.86. The molecular formula is C22H25Cl2NO4S. The van der Waals surface area contributed by atoms with Gasteiger partial charge in [0.05, 0.1) is 17.2 Å². The highest BCUT2D eigenvalue weighted by molar-refractivity contribution is 7.17. The molecule has 3 rings (SSSR count). The first-order valence-corrected chi connectivity index (χ1v) is 11.6. The average Bonchev–Trinajstić information content (AvgIpc) is 3.06. The van der Waals surface area contributed by atoms with Crippen molar-refractivity contribution in [3.05, 3.63) is 44.2 Å². The Labute approximate surface area is 190 Å². The number of anilines is 1. The number of rotatable bonds is 7. The van der Waals surface area contributed by atoms with Crippen LogP contribution in [0.3, 0.4) is 0 Å². The number of nitrogens with one attached hydrogen (secondary N) is 1. The zero-order chi connectivity index (χ0) is 21.8. The first-order chi connectivity index (χ1) is 14.3. The summed E-state index contributed by atoms with van der Waals surface area (Å²) >= 11 is 13.5. The summed E-state index contributed by atoms with van der Waals surface area (Å²) in [4.78, 5) is 26.6. The fourth-order valence-electron chi connectivity index (χ4n) is 3.54. The number of halogens is 2. The molecule has 0 bridgehead atoms. The summed E-state index contributed by atoms with van der Waals surface area (Å²) in [7, 11) is 0. The van der Waals surface area contributed by atoms with E-state index in [2.05, 4.69) is 12.2 Å². The Morgan fingerprint density at radius 1 is 1.30 bits per heavy atom. The van der Waals surface area contributed by atoms with Gasteiger partial charge in [0.15, 0.2) is 6.10 Å². The average molecular weight is 470 g/mol. The molecule has 0 saturated carbocycles. The normalized spacial score (nSPS) is 16.5. The Bertz CT molecular complexity index is 943. The molecule has 1 amide bonds. The lowest BCUT2D eigenvalue weighted by Crippen LogP contribution is -2.30. The Morgan fingerprint density at radius 2 is 2.07 bits per heavy atom. The van der Waals surface area contributed by atoms with Gasteiger partial charge in [-0.25, -0.2) is 4.79 Å². The SMILES string of the molecule is CCOC(=O)c1c(NC(=O)[C@@H](C)Oc2ccc(Cl)cc2Cl)sc2c1CC[C@H](CC)C2. The van der Waals surface area contributed by atoms with Crippen molar-refractivity contribution in [3.63, 3.8) is 0 Å². The molecule has 0 radical (unpaired) electrons. The van der Waals surface area contributed by atoms with Gasteiger partial charge in [0.1, 0.15) is 10.8 Å². The molecule has 1 aliphatic carbocycles. The maximum atomic E-state index is 12.8. The van der Waals surface area contributed by atoms with E-state index in [9.17, 15) is 9.59 Å². The van der Waals surface area contributed by atoms with Crippen molar-refractivity contribution in [2.24, 2.45) is 5.92 Å². The molecule has 0 saturated heterocycles. The number of carbonyl (C=O) groups excluding carboxylic acids is 2. The molecule has 1 aromatic carbocycles. The van der Waals surface area contributed by atoms with Crippen LogP contribution in [-0.4, -0.2) is 24.6 Å². The third kappa shape index (κ3) is 5.10. The van der Waals surface area contributed by atoms with E-state index in [0.29, 0.717) is 32.3 Å². The first kappa shape index (κ1) is 22.9. The topological polar surface area (TPSA) is 64.6 Å². The van der Waals surface area contributed by atoms with Crippen LogP contribution in [0.1, 0.15) is 54.4 Å². The fourth-order valence-corrected chi connectivity index (χ4v) is 5.34. The highest BCUT2D eigenvalue weighted by Gasteiger charge is 2.30. The van der Waals surface area contributed by atoms with Gasteiger partial charge in [-0.15, -0.1) is 11.3 Å². The van der Waals surface area contributed by atoms with E-state index >= 15 is 0 Å². The summed E-state index contributed by atoms with van der Waals surface area (Å²) < 4.78 is 11.0. The summed E-state index contributed by atoms with van der Waals surface area (Å²) in [6.07, 6.45) is 3.06. The predicted molar refractivity (Wildman–Crippen MR) is 121 cm³/mol. The smallest absolute Gasteiger partial charge is 0.341 e. The third-order valence-corrected chi connectivity index (χ3v) is 6.93. The van der Waals surface area contributed by atoms with Crippen LogP contribution in [0.4, 0.5) is 5.00 Å². The lowest BCUT2D eigenvalue weighted by Gasteiger charge is -2.21. The van der Waals surface area contributed by atoms with E-state index in [0.717, 1.165) is 36.1 Å². The highest BCUT2D eigenvalue weighted by atomic mass is 35.5. The van der Waals surface area contributed by atoms with Crippen molar-refractivity contribution in [2.75, 3.05) is 11.9 Å². The van der Waals surface area contributed by atoms with Crippen LogP contribution in [0.25, 0.3) is 0 Å². The molecule has 0 fully saturated rings. The Kier molecular flexibility index (Phi) is 7.66. The lowest BCUT2D eigenvalue weighted by atomic mass is 9.85. The molecule has 1 aromatic heterocycles. The van der Waals surface area contributed by atoms with E-state index in [1.165, 1.54) is 11.3 Å². The summed E-state index contributed by atoms with van der Waals surface area (Å²) in [5.74, 6) is 0.210. The van der Waals surface area contributed by atoms with Crippen LogP contribution in [0, 0.1) is 5.92 Å². The third-order valence-electron chi connectivity index (χ3n) is 5.23. The largest absolute Gasteiger partial charge is 0.479 e. The number of esters is 1. The maximum absolute atomic E-state index is 12.8. The van der Waals surface area contributed by atoms with Crippen LogP contribution >= 0.6 is 34.5 Å². The minimum atomic E-state index is -0.818. The second kappa shape index (κ2) is 10.0. The van der Waals surface area contributed by atoms with Gasteiger partial charge < -0.3 is 14.8 Å². The maximum Gasteiger partial charge on any atom is 0.341 e. The summed E-state index contributed by atoms with van der Waals surface area (Å²) in [6, 6.07) is 4.82. The van der Waals surface area contributed by atoms with Crippen molar-refractivity contribution < 1.29 is 19.1 Å². The van der Waals surface area contributed by atoms with Crippen LogP contribution in [0.5, 0.6) is 5.75 Å². The minimum absolute atomic E-state index is 0.281. The number of benzene rings is 1. The van der Waals surface area contributed by atoms with E-state index < -0.39 is 12.1 Å². The molecule has 1 heterocycles. The summed E-state index contributed by atoms with van der Waals surface area (Å²) in [5.41, 5.74) is 1.49. The second-order valence-electron chi connectivity index (χ2n) is 7.27. The number of fused-ring (bicyclic) bond motifs is 1. The molecule has 1 N–H and O–H groups in total. The van der Waals surface area contributed by atoms with Gasteiger partial charge in [0, 0.05) is 9.90 Å². The highest BCUT2D eigenvalue weighted by Crippen LogP contribution is 2.41.